The van der Waals surface area contributed by atoms with Crippen LogP contribution in [0.5, 0.6) is 11.5 Å². The summed E-state index contributed by atoms with van der Waals surface area (Å²) < 4.78 is 10.5. The maximum atomic E-state index is 12.5. The average molecular weight is 420 g/mol. The second-order valence-electron chi connectivity index (χ2n) is 6.53. The molecule has 8 heteroatoms. The van der Waals surface area contributed by atoms with Crippen molar-refractivity contribution in [2.45, 2.75) is 19.5 Å². The van der Waals surface area contributed by atoms with Gasteiger partial charge in [-0.05, 0) is 43.8 Å². The zero-order valence-electron chi connectivity index (χ0n) is 17.0. The van der Waals surface area contributed by atoms with Gasteiger partial charge in [0, 0.05) is 6.54 Å². The number of amides is 2. The van der Waals surface area contributed by atoms with Crippen molar-refractivity contribution in [1.29, 1.82) is 0 Å². The third-order valence-corrected chi connectivity index (χ3v) is 4.83. The molecule has 156 valence electrons. The van der Waals surface area contributed by atoms with E-state index in [-0.39, 0.29) is 18.4 Å². The molecule has 7 nitrogen and oxygen atoms in total. The van der Waals surface area contributed by atoms with Crippen LogP contribution >= 0.6 is 11.6 Å². The molecule has 0 bridgehead atoms. The number of para-hydroxylation sites is 1. The lowest BCUT2D eigenvalue weighted by Gasteiger charge is -2.23. The van der Waals surface area contributed by atoms with E-state index in [1.54, 1.807) is 63.4 Å². The van der Waals surface area contributed by atoms with Crippen molar-refractivity contribution in [3.05, 3.63) is 53.1 Å². The molecular weight excluding hydrogens is 394 g/mol. The summed E-state index contributed by atoms with van der Waals surface area (Å²) in [6, 6.07) is 12.0. The number of hydrogen-bond donors (Lipinski definition) is 2. The second kappa shape index (κ2) is 10.7. The lowest BCUT2D eigenvalue weighted by molar-refractivity contribution is -0.126. The first-order valence-electron chi connectivity index (χ1n) is 9.09. The fraction of sp³-hybridized carbons (Fsp3) is 0.333. The van der Waals surface area contributed by atoms with E-state index in [2.05, 4.69) is 10.6 Å². The molecule has 2 N–H and O–H groups in total. The third-order valence-electron chi connectivity index (χ3n) is 4.50. The van der Waals surface area contributed by atoms with Gasteiger partial charge in [-0.1, -0.05) is 29.8 Å². The van der Waals surface area contributed by atoms with E-state index in [4.69, 9.17) is 21.1 Å². The summed E-state index contributed by atoms with van der Waals surface area (Å²) in [5, 5.41) is 6.08. The molecule has 0 spiro atoms. The summed E-state index contributed by atoms with van der Waals surface area (Å²) in [5.74, 6) is 0.786. The van der Waals surface area contributed by atoms with Crippen molar-refractivity contribution in [1.82, 2.24) is 10.2 Å². The number of ether oxygens (including phenoxy) is 2. The van der Waals surface area contributed by atoms with E-state index >= 15 is 0 Å². The summed E-state index contributed by atoms with van der Waals surface area (Å²) >= 11 is 6.05. The minimum atomic E-state index is -0.493. The fourth-order valence-electron chi connectivity index (χ4n) is 2.64. The fourth-order valence-corrected chi connectivity index (χ4v) is 2.83. The zero-order chi connectivity index (χ0) is 21.4. The first-order valence-corrected chi connectivity index (χ1v) is 9.46. The highest BCUT2D eigenvalue weighted by Crippen LogP contribution is 2.27. The van der Waals surface area contributed by atoms with Crippen molar-refractivity contribution in [3.8, 4) is 11.5 Å². The Morgan fingerprint density at radius 3 is 2.45 bits per heavy atom. The number of halogens is 1. The molecule has 0 saturated heterocycles. The van der Waals surface area contributed by atoms with Crippen LogP contribution in [0, 0.1) is 0 Å². The van der Waals surface area contributed by atoms with Gasteiger partial charge in [0.15, 0.2) is 11.5 Å². The molecule has 0 saturated carbocycles. The minimum absolute atomic E-state index is 0.0518. The van der Waals surface area contributed by atoms with Gasteiger partial charge < -0.3 is 20.1 Å². The van der Waals surface area contributed by atoms with Gasteiger partial charge in [-0.25, -0.2) is 0 Å². The van der Waals surface area contributed by atoms with Gasteiger partial charge in [-0.15, -0.1) is 0 Å². The van der Waals surface area contributed by atoms with Gasteiger partial charge in [0.05, 0.1) is 37.5 Å². The van der Waals surface area contributed by atoms with Crippen LogP contribution in [0.25, 0.3) is 0 Å². The summed E-state index contributed by atoms with van der Waals surface area (Å²) in [7, 11) is 4.84. The Morgan fingerprint density at radius 1 is 1.10 bits per heavy atom. The molecule has 0 aliphatic heterocycles. The Morgan fingerprint density at radius 2 is 1.79 bits per heavy atom. The maximum Gasteiger partial charge on any atom is 0.238 e. The van der Waals surface area contributed by atoms with Gasteiger partial charge in [0.2, 0.25) is 11.8 Å². The first kappa shape index (κ1) is 22.5. The van der Waals surface area contributed by atoms with Crippen molar-refractivity contribution >= 4 is 29.1 Å². The first-order chi connectivity index (χ1) is 13.8. The molecule has 2 aromatic carbocycles. The molecule has 29 heavy (non-hydrogen) atoms. The number of nitrogens with one attached hydrogen (secondary N) is 2. The quantitative estimate of drug-likeness (QED) is 0.653. The van der Waals surface area contributed by atoms with Crippen LogP contribution in [-0.2, 0) is 16.1 Å². The number of carbonyl (C=O) groups excluding carboxylic acids is 2. The van der Waals surface area contributed by atoms with E-state index in [0.717, 1.165) is 5.56 Å². The van der Waals surface area contributed by atoms with Gasteiger partial charge >= 0.3 is 0 Å². The molecule has 0 aliphatic carbocycles. The molecule has 2 amide bonds. The SMILES string of the molecule is COc1ccc(CNC(=O)C(C)N(C)CC(=O)Nc2ccccc2Cl)cc1OC. The number of nitrogens with zero attached hydrogens (tertiary/aromatic N) is 1. The molecule has 0 aliphatic rings. The smallest absolute Gasteiger partial charge is 0.238 e. The Balaban J connectivity index is 1.87. The van der Waals surface area contributed by atoms with E-state index in [0.29, 0.717) is 28.8 Å². The van der Waals surface area contributed by atoms with E-state index in [1.807, 2.05) is 12.1 Å². The summed E-state index contributed by atoms with van der Waals surface area (Å²) in [5.41, 5.74) is 1.42. The van der Waals surface area contributed by atoms with Gasteiger partial charge in [0.1, 0.15) is 0 Å². The highest BCUT2D eigenvalue weighted by molar-refractivity contribution is 6.33. The molecule has 2 rings (SSSR count). The zero-order valence-corrected chi connectivity index (χ0v) is 17.7. The number of anilines is 1. The largest absolute Gasteiger partial charge is 0.493 e. The van der Waals surface area contributed by atoms with Crippen molar-refractivity contribution < 1.29 is 19.1 Å². The monoisotopic (exact) mass is 419 g/mol. The topological polar surface area (TPSA) is 79.9 Å². The summed E-state index contributed by atoms with van der Waals surface area (Å²) in [6.07, 6.45) is 0. The number of carbonyl (C=O) groups is 2. The highest BCUT2D eigenvalue weighted by atomic mass is 35.5. The maximum absolute atomic E-state index is 12.5. The average Bonchev–Trinajstić information content (AvgIpc) is 2.72. The van der Waals surface area contributed by atoms with Gasteiger partial charge in [-0.2, -0.15) is 0 Å². The summed E-state index contributed by atoms with van der Waals surface area (Å²) in [6.45, 7) is 2.13. The van der Waals surface area contributed by atoms with Gasteiger partial charge in [0.25, 0.3) is 0 Å². The third kappa shape index (κ3) is 6.37. The second-order valence-corrected chi connectivity index (χ2v) is 6.93. The van der Waals surface area contributed by atoms with Crippen LogP contribution in [0.4, 0.5) is 5.69 Å². The predicted octanol–water partition coefficient (Wildman–Crippen LogP) is 2.93. The van der Waals surface area contributed by atoms with Crippen LogP contribution in [-0.4, -0.2) is 50.6 Å². The van der Waals surface area contributed by atoms with Crippen molar-refractivity contribution in [3.63, 3.8) is 0 Å². The highest BCUT2D eigenvalue weighted by Gasteiger charge is 2.20. The lowest BCUT2D eigenvalue weighted by Crippen LogP contribution is -2.45. The predicted molar refractivity (Wildman–Crippen MR) is 114 cm³/mol. The summed E-state index contributed by atoms with van der Waals surface area (Å²) in [4.78, 5) is 26.4. The van der Waals surface area contributed by atoms with E-state index < -0.39 is 6.04 Å². The number of rotatable bonds is 9. The lowest BCUT2D eigenvalue weighted by atomic mass is 10.2. The molecular formula is C21H26ClN3O4. The van der Waals surface area contributed by atoms with Crippen molar-refractivity contribution in [2.75, 3.05) is 33.1 Å². The van der Waals surface area contributed by atoms with Gasteiger partial charge in [-0.3, -0.25) is 14.5 Å². The van der Waals surface area contributed by atoms with Crippen molar-refractivity contribution in [2.24, 2.45) is 0 Å². The molecule has 1 unspecified atom stereocenters. The number of benzene rings is 2. The van der Waals surface area contributed by atoms with Crippen LogP contribution in [0.2, 0.25) is 5.02 Å². The Labute approximate surface area is 175 Å². The number of hydrogen-bond acceptors (Lipinski definition) is 5. The van der Waals surface area contributed by atoms with E-state index in [9.17, 15) is 9.59 Å². The Kier molecular flexibility index (Phi) is 8.30. The van der Waals surface area contributed by atoms with Crippen LogP contribution < -0.4 is 20.1 Å². The van der Waals surface area contributed by atoms with E-state index in [1.165, 1.54) is 0 Å². The molecule has 0 fully saturated rings. The number of likely N-dealkylation sites (N-methyl/N-ethyl adjacent to an activating group) is 1. The molecule has 2 aromatic rings. The standard InChI is InChI=1S/C21H26ClN3O4/c1-14(25(2)13-20(26)24-17-8-6-5-7-16(17)22)21(27)23-12-15-9-10-18(28-3)19(11-15)29-4/h5-11,14H,12-13H2,1-4H3,(H,23,27)(H,24,26). The molecule has 0 heterocycles. The van der Waals surface area contributed by atoms with Crippen LogP contribution in [0.3, 0.4) is 0 Å². The van der Waals surface area contributed by atoms with Crippen LogP contribution in [0.15, 0.2) is 42.5 Å². The minimum Gasteiger partial charge on any atom is -0.493 e. The molecule has 1 atom stereocenters. The Hall–Kier alpha value is -2.77. The Bertz CT molecular complexity index is 860. The normalized spacial score (nSPS) is 11.7. The molecule has 0 aromatic heterocycles. The molecule has 0 radical (unpaired) electrons. The number of methoxy groups -OCH3 is 2. The van der Waals surface area contributed by atoms with Crippen LogP contribution in [0.1, 0.15) is 12.5 Å².